The molecule has 1 aliphatic rings. The van der Waals surface area contributed by atoms with Crippen LogP contribution in [0.1, 0.15) is 26.6 Å². The lowest BCUT2D eigenvalue weighted by molar-refractivity contribution is -0.137. The lowest BCUT2D eigenvalue weighted by Crippen LogP contribution is -2.25. The topological polar surface area (TPSA) is 75.9 Å². The number of para-hydroxylation sites is 1. The summed E-state index contributed by atoms with van der Waals surface area (Å²) in [6.45, 7) is 1.67. The van der Waals surface area contributed by atoms with Gasteiger partial charge in [0.1, 0.15) is 0 Å². The Morgan fingerprint density at radius 1 is 1.29 bits per heavy atom. The summed E-state index contributed by atoms with van der Waals surface area (Å²) in [5, 5.41) is 10.5. The Morgan fingerprint density at radius 3 is 2.86 bits per heavy atom. The second-order valence-electron chi connectivity index (χ2n) is 6.39. The van der Waals surface area contributed by atoms with E-state index in [0.29, 0.717) is 5.13 Å². The van der Waals surface area contributed by atoms with E-state index in [1.165, 1.54) is 35.7 Å². The average Bonchev–Trinajstić information content (AvgIpc) is 3.27. The molecule has 1 amide bonds. The molecular formula is C17H15F3N6OS. The van der Waals surface area contributed by atoms with Gasteiger partial charge in [-0.2, -0.15) is 13.2 Å². The van der Waals surface area contributed by atoms with Crippen molar-refractivity contribution in [3.63, 3.8) is 0 Å². The number of nitrogens with zero attached hydrogens (tertiary/aromatic N) is 5. The van der Waals surface area contributed by atoms with Gasteiger partial charge in [0.15, 0.2) is 10.8 Å². The molecule has 2 aromatic heterocycles. The number of nitrogens with one attached hydrogen (secondary N) is 1. The van der Waals surface area contributed by atoms with Gasteiger partial charge in [0.2, 0.25) is 0 Å². The predicted molar refractivity (Wildman–Crippen MR) is 96.5 cm³/mol. The van der Waals surface area contributed by atoms with Gasteiger partial charge in [-0.3, -0.25) is 10.1 Å². The predicted octanol–water partition coefficient (Wildman–Crippen LogP) is 2.98. The van der Waals surface area contributed by atoms with Crippen LogP contribution < -0.4 is 5.32 Å². The second-order valence-corrected chi connectivity index (χ2v) is 7.48. The molecule has 1 aliphatic heterocycles. The number of amides is 1. The fourth-order valence-electron chi connectivity index (χ4n) is 2.94. The van der Waals surface area contributed by atoms with Crippen molar-refractivity contribution in [3.05, 3.63) is 52.3 Å². The number of hydrogen-bond acceptors (Lipinski definition) is 6. The number of aromatic nitrogens is 4. The van der Waals surface area contributed by atoms with E-state index in [1.807, 2.05) is 7.05 Å². The smallest absolute Gasteiger partial charge is 0.301 e. The summed E-state index contributed by atoms with van der Waals surface area (Å²) in [4.78, 5) is 20.1. The van der Waals surface area contributed by atoms with Crippen molar-refractivity contribution < 1.29 is 18.0 Å². The van der Waals surface area contributed by atoms with Crippen molar-refractivity contribution in [3.8, 4) is 5.69 Å². The minimum Gasteiger partial charge on any atom is -0.301 e. The summed E-state index contributed by atoms with van der Waals surface area (Å²) in [6, 6.07) is 4.97. The van der Waals surface area contributed by atoms with E-state index < -0.39 is 17.6 Å². The molecule has 0 bridgehead atoms. The minimum atomic E-state index is -4.54. The van der Waals surface area contributed by atoms with E-state index in [4.69, 9.17) is 0 Å². The number of halogens is 3. The highest BCUT2D eigenvalue weighted by Crippen LogP contribution is 2.33. The van der Waals surface area contributed by atoms with Crippen LogP contribution in [-0.2, 0) is 19.1 Å². The molecule has 0 unspecified atom stereocenters. The lowest BCUT2D eigenvalue weighted by atomic mass is 10.1. The standard InChI is InChI=1S/C17H15F3N6OS/c1-25-7-6-11-14(9-25)28-16(21-11)22-15(27)12-8-26(24-23-12)13-5-3-2-4-10(13)17(18,19)20/h2-5,8H,6-7,9H2,1H3,(H,21,22,27). The molecule has 3 heterocycles. The molecule has 7 nitrogen and oxygen atoms in total. The van der Waals surface area contributed by atoms with E-state index >= 15 is 0 Å². The van der Waals surface area contributed by atoms with E-state index in [1.54, 1.807) is 0 Å². The number of fused-ring (bicyclic) bond motifs is 1. The van der Waals surface area contributed by atoms with E-state index in [-0.39, 0.29) is 11.4 Å². The van der Waals surface area contributed by atoms with Crippen LogP contribution in [0.3, 0.4) is 0 Å². The van der Waals surface area contributed by atoms with Gasteiger partial charge in [0, 0.05) is 24.4 Å². The molecular weight excluding hydrogens is 393 g/mol. The van der Waals surface area contributed by atoms with Crippen molar-refractivity contribution >= 4 is 22.4 Å². The Labute approximate surface area is 161 Å². The van der Waals surface area contributed by atoms with Crippen molar-refractivity contribution in [2.45, 2.75) is 19.1 Å². The third kappa shape index (κ3) is 3.62. The Kier molecular flexibility index (Phi) is 4.63. The molecule has 1 aromatic carbocycles. The number of benzene rings is 1. The molecule has 0 aliphatic carbocycles. The van der Waals surface area contributed by atoms with Crippen LogP contribution >= 0.6 is 11.3 Å². The van der Waals surface area contributed by atoms with Gasteiger partial charge in [-0.1, -0.05) is 17.3 Å². The summed E-state index contributed by atoms with van der Waals surface area (Å²) in [5.41, 5.74) is -0.193. The Balaban J connectivity index is 1.55. The minimum absolute atomic E-state index is 0.0951. The molecule has 0 atom stereocenters. The first-order chi connectivity index (χ1) is 13.3. The summed E-state index contributed by atoms with van der Waals surface area (Å²) >= 11 is 1.38. The van der Waals surface area contributed by atoms with E-state index in [9.17, 15) is 18.0 Å². The third-order valence-electron chi connectivity index (χ3n) is 4.32. The highest BCUT2D eigenvalue weighted by molar-refractivity contribution is 7.15. The van der Waals surface area contributed by atoms with Crippen molar-refractivity contribution in [1.82, 2.24) is 24.9 Å². The average molecular weight is 408 g/mol. The monoisotopic (exact) mass is 408 g/mol. The molecule has 0 radical (unpaired) electrons. The van der Waals surface area contributed by atoms with Crippen LogP contribution in [0.4, 0.5) is 18.3 Å². The SMILES string of the molecule is CN1CCc2nc(NC(=O)c3cn(-c4ccccc4C(F)(F)F)nn3)sc2C1. The highest BCUT2D eigenvalue weighted by Gasteiger charge is 2.34. The first-order valence-electron chi connectivity index (χ1n) is 8.38. The molecule has 146 valence electrons. The number of alkyl halides is 3. The van der Waals surface area contributed by atoms with Gasteiger partial charge in [0.05, 0.1) is 23.1 Å². The number of rotatable bonds is 3. The zero-order valence-electron chi connectivity index (χ0n) is 14.7. The number of anilines is 1. The molecule has 28 heavy (non-hydrogen) atoms. The fraction of sp³-hybridized carbons (Fsp3) is 0.294. The number of carbonyl (C=O) groups excluding carboxylic acids is 1. The van der Waals surface area contributed by atoms with Crippen LogP contribution in [0.25, 0.3) is 5.69 Å². The van der Waals surface area contributed by atoms with Crippen LogP contribution in [-0.4, -0.2) is 44.4 Å². The van der Waals surface area contributed by atoms with Crippen LogP contribution in [0, 0.1) is 0 Å². The highest BCUT2D eigenvalue weighted by atomic mass is 32.1. The molecule has 3 aromatic rings. The molecule has 11 heteroatoms. The maximum absolute atomic E-state index is 13.2. The summed E-state index contributed by atoms with van der Waals surface area (Å²) in [5.74, 6) is -0.574. The first-order valence-corrected chi connectivity index (χ1v) is 9.20. The van der Waals surface area contributed by atoms with E-state index in [2.05, 4.69) is 25.5 Å². The number of carbonyl (C=O) groups is 1. The molecule has 4 rings (SSSR count). The zero-order chi connectivity index (χ0) is 19.9. The van der Waals surface area contributed by atoms with Gasteiger partial charge in [-0.25, -0.2) is 9.67 Å². The van der Waals surface area contributed by atoms with E-state index in [0.717, 1.165) is 40.8 Å². The Hall–Kier alpha value is -2.79. The normalized spacial score (nSPS) is 14.7. The van der Waals surface area contributed by atoms with Gasteiger partial charge < -0.3 is 4.90 Å². The molecule has 0 fully saturated rings. The maximum Gasteiger partial charge on any atom is 0.418 e. The summed E-state index contributed by atoms with van der Waals surface area (Å²) in [7, 11) is 2.01. The number of thiazole rings is 1. The first kappa shape index (κ1) is 18.6. The van der Waals surface area contributed by atoms with Gasteiger partial charge in [-0.05, 0) is 19.2 Å². The molecule has 0 saturated heterocycles. The summed E-state index contributed by atoms with van der Waals surface area (Å²) < 4.78 is 40.5. The Bertz CT molecular complexity index is 1030. The summed E-state index contributed by atoms with van der Waals surface area (Å²) in [6.07, 6.45) is -2.57. The van der Waals surface area contributed by atoms with Crippen LogP contribution in [0.15, 0.2) is 30.5 Å². The van der Waals surface area contributed by atoms with Gasteiger partial charge in [0.25, 0.3) is 5.91 Å². The maximum atomic E-state index is 13.2. The molecule has 0 spiro atoms. The number of likely N-dealkylation sites (N-methyl/N-ethyl adjacent to an activating group) is 1. The fourth-order valence-corrected chi connectivity index (χ4v) is 4.02. The van der Waals surface area contributed by atoms with Crippen molar-refractivity contribution in [1.29, 1.82) is 0 Å². The van der Waals surface area contributed by atoms with Crippen LogP contribution in [0.2, 0.25) is 0 Å². The lowest BCUT2D eigenvalue weighted by Gasteiger charge is -2.20. The van der Waals surface area contributed by atoms with Crippen molar-refractivity contribution in [2.24, 2.45) is 0 Å². The Morgan fingerprint density at radius 2 is 2.07 bits per heavy atom. The third-order valence-corrected chi connectivity index (χ3v) is 5.32. The molecule has 0 saturated carbocycles. The van der Waals surface area contributed by atoms with Crippen molar-refractivity contribution in [2.75, 3.05) is 18.9 Å². The quantitative estimate of drug-likeness (QED) is 0.721. The van der Waals surface area contributed by atoms with Gasteiger partial charge in [-0.15, -0.1) is 16.4 Å². The number of hydrogen-bond donors (Lipinski definition) is 1. The van der Waals surface area contributed by atoms with Crippen LogP contribution in [0.5, 0.6) is 0 Å². The molecule has 1 N–H and O–H groups in total. The van der Waals surface area contributed by atoms with Gasteiger partial charge >= 0.3 is 6.18 Å². The largest absolute Gasteiger partial charge is 0.418 e. The second kappa shape index (κ2) is 6.99. The zero-order valence-corrected chi connectivity index (χ0v) is 15.5.